The fourth-order valence-electron chi connectivity index (χ4n) is 3.05. The molecule has 0 unspecified atom stereocenters. The first-order valence-corrected chi connectivity index (χ1v) is 11.4. The van der Waals surface area contributed by atoms with Crippen molar-refractivity contribution in [3.63, 3.8) is 0 Å². The van der Waals surface area contributed by atoms with Crippen molar-refractivity contribution < 1.29 is 4.79 Å². The fraction of sp³-hybridized carbons (Fsp3) is 0.136. The van der Waals surface area contributed by atoms with Gasteiger partial charge in [0.1, 0.15) is 0 Å². The molecule has 0 radical (unpaired) electrons. The van der Waals surface area contributed by atoms with Crippen LogP contribution >= 0.6 is 34.7 Å². The molecule has 2 aromatic heterocycles. The molecular formula is C22H18ClN3OS2. The van der Waals surface area contributed by atoms with Crippen LogP contribution in [0.3, 0.4) is 0 Å². The average molecular weight is 440 g/mol. The highest BCUT2D eigenvalue weighted by Gasteiger charge is 2.23. The van der Waals surface area contributed by atoms with E-state index in [1.807, 2.05) is 67.8 Å². The van der Waals surface area contributed by atoms with Crippen molar-refractivity contribution in [2.75, 3.05) is 11.2 Å². The minimum atomic E-state index is -0.102. The Morgan fingerprint density at radius 2 is 2.03 bits per heavy atom. The molecule has 0 N–H and O–H groups in total. The molecule has 1 amide bonds. The second kappa shape index (κ2) is 8.53. The van der Waals surface area contributed by atoms with E-state index in [4.69, 9.17) is 16.6 Å². The quantitative estimate of drug-likeness (QED) is 0.346. The van der Waals surface area contributed by atoms with Crippen LogP contribution in [0.4, 0.5) is 5.13 Å². The Hall–Kier alpha value is -2.41. The molecule has 0 fully saturated rings. The summed E-state index contributed by atoms with van der Waals surface area (Å²) in [4.78, 5) is 25.4. The van der Waals surface area contributed by atoms with Crippen molar-refractivity contribution in [2.45, 2.75) is 18.4 Å². The van der Waals surface area contributed by atoms with E-state index in [2.05, 4.69) is 4.98 Å². The highest BCUT2D eigenvalue weighted by Crippen LogP contribution is 2.34. The number of rotatable bonds is 5. The minimum Gasteiger partial charge on any atom is -0.278 e. The van der Waals surface area contributed by atoms with E-state index in [-0.39, 0.29) is 5.91 Å². The fourth-order valence-corrected chi connectivity index (χ4v) is 4.93. The van der Waals surface area contributed by atoms with E-state index in [1.54, 1.807) is 22.9 Å². The molecule has 29 heavy (non-hydrogen) atoms. The van der Waals surface area contributed by atoms with Gasteiger partial charge in [0.2, 0.25) is 0 Å². The van der Waals surface area contributed by atoms with Crippen LogP contribution in [-0.4, -0.2) is 22.1 Å². The highest BCUT2D eigenvalue weighted by molar-refractivity contribution is 7.98. The van der Waals surface area contributed by atoms with E-state index in [9.17, 15) is 4.79 Å². The van der Waals surface area contributed by atoms with Crippen LogP contribution in [0.2, 0.25) is 5.02 Å². The summed E-state index contributed by atoms with van der Waals surface area (Å²) < 4.78 is 0.960. The van der Waals surface area contributed by atoms with Crippen molar-refractivity contribution in [3.8, 4) is 0 Å². The minimum absolute atomic E-state index is 0.102. The van der Waals surface area contributed by atoms with E-state index in [0.29, 0.717) is 22.3 Å². The molecule has 0 bridgehead atoms. The number of anilines is 1. The zero-order valence-electron chi connectivity index (χ0n) is 15.9. The van der Waals surface area contributed by atoms with Crippen molar-refractivity contribution >= 4 is 56.0 Å². The number of fused-ring (bicyclic) bond motifs is 1. The summed E-state index contributed by atoms with van der Waals surface area (Å²) in [5.41, 5.74) is 3.29. The number of aryl methyl sites for hydroxylation is 1. The number of thioether (sulfide) groups is 1. The van der Waals surface area contributed by atoms with Gasteiger partial charge in [0, 0.05) is 21.7 Å². The Morgan fingerprint density at radius 1 is 1.17 bits per heavy atom. The second-order valence-corrected chi connectivity index (χ2v) is 8.84. The predicted octanol–water partition coefficient (Wildman–Crippen LogP) is 6.22. The molecule has 0 spiro atoms. The molecule has 7 heteroatoms. The van der Waals surface area contributed by atoms with Gasteiger partial charge in [-0.05, 0) is 61.2 Å². The maximum Gasteiger partial charge on any atom is 0.260 e. The lowest BCUT2D eigenvalue weighted by Gasteiger charge is -2.20. The average Bonchev–Trinajstić information content (AvgIpc) is 3.16. The summed E-state index contributed by atoms with van der Waals surface area (Å²) in [7, 11) is 0. The molecule has 0 aliphatic heterocycles. The first kappa shape index (κ1) is 19.9. The van der Waals surface area contributed by atoms with Gasteiger partial charge in [-0.3, -0.25) is 14.7 Å². The van der Waals surface area contributed by atoms with Crippen LogP contribution in [0.15, 0.2) is 65.7 Å². The lowest BCUT2D eigenvalue weighted by atomic mass is 10.2. The van der Waals surface area contributed by atoms with Gasteiger partial charge in [-0.1, -0.05) is 35.1 Å². The lowest BCUT2D eigenvalue weighted by molar-refractivity contribution is 0.0984. The Balaban J connectivity index is 1.79. The van der Waals surface area contributed by atoms with Gasteiger partial charge in [-0.2, -0.15) is 0 Å². The van der Waals surface area contributed by atoms with Gasteiger partial charge < -0.3 is 0 Å². The molecule has 0 atom stereocenters. The molecule has 2 heterocycles. The Kier molecular flexibility index (Phi) is 5.85. The summed E-state index contributed by atoms with van der Waals surface area (Å²) >= 11 is 9.29. The Morgan fingerprint density at radius 3 is 2.79 bits per heavy atom. The number of nitrogens with zero attached hydrogens (tertiary/aromatic N) is 3. The summed E-state index contributed by atoms with van der Waals surface area (Å²) in [6.45, 7) is 2.32. The normalized spacial score (nSPS) is 11.0. The lowest BCUT2D eigenvalue weighted by Crippen LogP contribution is -2.30. The maximum atomic E-state index is 13.5. The molecule has 0 saturated carbocycles. The van der Waals surface area contributed by atoms with Crippen molar-refractivity contribution in [1.82, 2.24) is 9.97 Å². The van der Waals surface area contributed by atoms with Crippen LogP contribution in [0.1, 0.15) is 21.6 Å². The number of pyridine rings is 1. The first-order valence-electron chi connectivity index (χ1n) is 8.97. The van der Waals surface area contributed by atoms with E-state index < -0.39 is 0 Å². The largest absolute Gasteiger partial charge is 0.278 e. The Bertz CT molecular complexity index is 1180. The molecule has 4 aromatic rings. The van der Waals surface area contributed by atoms with Crippen molar-refractivity contribution in [1.29, 1.82) is 0 Å². The number of carbonyl (C=O) groups excluding carboxylic acids is 1. The SMILES string of the molecule is CSc1cccc(C(=O)N(Cc2ccccn2)c2nc3c(C)cc(Cl)cc3s2)c1. The number of halogens is 1. The number of thiazole rings is 1. The van der Waals surface area contributed by atoms with Crippen molar-refractivity contribution in [2.24, 2.45) is 0 Å². The van der Waals surface area contributed by atoms with E-state index >= 15 is 0 Å². The van der Waals surface area contributed by atoms with Crippen LogP contribution in [0.5, 0.6) is 0 Å². The molecular weight excluding hydrogens is 422 g/mol. The number of aromatic nitrogens is 2. The number of hydrogen-bond acceptors (Lipinski definition) is 5. The molecule has 2 aromatic carbocycles. The van der Waals surface area contributed by atoms with Gasteiger partial charge in [0.15, 0.2) is 5.13 Å². The monoisotopic (exact) mass is 439 g/mol. The van der Waals surface area contributed by atoms with Gasteiger partial charge in [0.25, 0.3) is 5.91 Å². The third-order valence-corrected chi connectivity index (χ3v) is 6.45. The summed E-state index contributed by atoms with van der Waals surface area (Å²) in [5, 5.41) is 1.30. The molecule has 4 nitrogen and oxygen atoms in total. The number of hydrogen-bond donors (Lipinski definition) is 0. The smallest absolute Gasteiger partial charge is 0.260 e. The van der Waals surface area contributed by atoms with Crippen LogP contribution in [-0.2, 0) is 6.54 Å². The summed E-state index contributed by atoms with van der Waals surface area (Å²) in [6.07, 6.45) is 3.73. The molecule has 0 aliphatic carbocycles. The standard InChI is InChI=1S/C22H18ClN3OS2/c1-14-10-16(23)12-19-20(14)25-22(29-19)26(13-17-7-3-4-9-24-17)21(27)15-6-5-8-18(11-15)28-2/h3-12H,13H2,1-2H3. The number of amides is 1. The van der Waals surface area contributed by atoms with Gasteiger partial charge in [-0.15, -0.1) is 11.8 Å². The van der Waals surface area contributed by atoms with Crippen LogP contribution < -0.4 is 4.90 Å². The van der Waals surface area contributed by atoms with E-state index in [1.165, 1.54) is 11.3 Å². The third-order valence-electron chi connectivity index (χ3n) is 4.48. The first-order chi connectivity index (χ1) is 14.0. The number of carbonyl (C=O) groups is 1. The van der Waals surface area contributed by atoms with Crippen LogP contribution in [0.25, 0.3) is 10.2 Å². The Labute approximate surface area is 182 Å². The zero-order chi connectivity index (χ0) is 20.4. The number of benzene rings is 2. The maximum absolute atomic E-state index is 13.5. The van der Waals surface area contributed by atoms with Gasteiger partial charge >= 0.3 is 0 Å². The summed E-state index contributed by atoms with van der Waals surface area (Å²) in [5.74, 6) is -0.102. The van der Waals surface area contributed by atoms with Gasteiger partial charge in [-0.25, -0.2) is 4.98 Å². The molecule has 0 saturated heterocycles. The molecule has 146 valence electrons. The highest BCUT2D eigenvalue weighted by atomic mass is 35.5. The van der Waals surface area contributed by atoms with E-state index in [0.717, 1.165) is 26.4 Å². The third kappa shape index (κ3) is 4.29. The topological polar surface area (TPSA) is 46.1 Å². The second-order valence-electron chi connectivity index (χ2n) is 6.51. The zero-order valence-corrected chi connectivity index (χ0v) is 18.3. The van der Waals surface area contributed by atoms with Crippen LogP contribution in [0, 0.1) is 6.92 Å². The van der Waals surface area contributed by atoms with Crippen molar-refractivity contribution in [3.05, 3.63) is 82.6 Å². The predicted molar refractivity (Wildman–Crippen MR) is 122 cm³/mol. The molecule has 4 rings (SSSR count). The molecule has 0 aliphatic rings. The van der Waals surface area contributed by atoms with Gasteiger partial charge in [0.05, 0.1) is 22.5 Å². The summed E-state index contributed by atoms with van der Waals surface area (Å²) in [6, 6.07) is 17.1.